The second kappa shape index (κ2) is 5.16. The van der Waals surface area contributed by atoms with Gasteiger partial charge >= 0.3 is 0 Å². The Labute approximate surface area is 102 Å². The second-order valence-corrected chi connectivity index (χ2v) is 4.94. The van der Waals surface area contributed by atoms with Gasteiger partial charge in [0.1, 0.15) is 5.75 Å². The molecule has 0 aliphatic rings. The molecule has 2 N–H and O–H groups in total. The fourth-order valence-electron chi connectivity index (χ4n) is 1.24. The summed E-state index contributed by atoms with van der Waals surface area (Å²) in [5, 5.41) is 6.89. The maximum Gasteiger partial charge on any atom is 0.171 e. The average molecular weight is 238 g/mol. The Hall–Kier alpha value is -1.29. The molecule has 0 aromatic heterocycles. The summed E-state index contributed by atoms with van der Waals surface area (Å²) in [5.74, 6) is 0.778. The number of hydrogen-bond donors (Lipinski definition) is 2. The van der Waals surface area contributed by atoms with Crippen molar-refractivity contribution in [2.45, 2.75) is 26.3 Å². The minimum absolute atomic E-state index is 0.0495. The van der Waals surface area contributed by atoms with Crippen molar-refractivity contribution < 1.29 is 4.74 Å². The molecule has 4 heteroatoms. The van der Waals surface area contributed by atoms with E-state index in [0.29, 0.717) is 5.11 Å². The normalized spacial score (nSPS) is 10.8. The van der Waals surface area contributed by atoms with Gasteiger partial charge in [-0.3, -0.25) is 0 Å². The summed E-state index contributed by atoms with van der Waals surface area (Å²) < 4.78 is 5.23. The van der Waals surface area contributed by atoms with Crippen LogP contribution in [-0.4, -0.2) is 17.8 Å². The molecular weight excluding hydrogens is 220 g/mol. The standard InChI is InChI=1S/C12H18N2OS/c1-12(2,3)14-11(16)13-9-7-5-6-8-10(9)15-4/h5-8H,1-4H3,(H2,13,14,16). The van der Waals surface area contributed by atoms with E-state index in [-0.39, 0.29) is 5.54 Å². The van der Waals surface area contributed by atoms with Gasteiger partial charge in [0.25, 0.3) is 0 Å². The van der Waals surface area contributed by atoms with Gasteiger partial charge in [-0.2, -0.15) is 0 Å². The number of rotatable bonds is 2. The second-order valence-electron chi connectivity index (χ2n) is 4.53. The Morgan fingerprint density at radius 2 is 1.88 bits per heavy atom. The summed E-state index contributed by atoms with van der Waals surface area (Å²) in [5.41, 5.74) is 0.818. The van der Waals surface area contributed by atoms with Crippen LogP contribution in [0.3, 0.4) is 0 Å². The summed E-state index contributed by atoms with van der Waals surface area (Å²) in [7, 11) is 1.64. The molecule has 0 atom stereocenters. The molecule has 0 fully saturated rings. The fourth-order valence-corrected chi connectivity index (χ4v) is 1.66. The molecule has 88 valence electrons. The zero-order valence-electron chi connectivity index (χ0n) is 10.1. The van der Waals surface area contributed by atoms with Gasteiger partial charge in [-0.05, 0) is 45.1 Å². The van der Waals surface area contributed by atoms with Crippen molar-refractivity contribution in [1.29, 1.82) is 0 Å². The van der Waals surface area contributed by atoms with Crippen molar-refractivity contribution in [3.8, 4) is 5.75 Å². The topological polar surface area (TPSA) is 33.3 Å². The number of benzene rings is 1. The van der Waals surface area contributed by atoms with E-state index < -0.39 is 0 Å². The lowest BCUT2D eigenvalue weighted by molar-refractivity contribution is 0.417. The van der Waals surface area contributed by atoms with Crippen molar-refractivity contribution in [2.24, 2.45) is 0 Å². The first-order valence-corrected chi connectivity index (χ1v) is 5.55. The van der Waals surface area contributed by atoms with E-state index in [1.165, 1.54) is 0 Å². The SMILES string of the molecule is COc1ccccc1NC(=S)NC(C)(C)C. The van der Waals surface area contributed by atoms with E-state index in [9.17, 15) is 0 Å². The van der Waals surface area contributed by atoms with E-state index in [1.54, 1.807) is 7.11 Å². The Morgan fingerprint density at radius 3 is 2.44 bits per heavy atom. The molecule has 0 unspecified atom stereocenters. The van der Waals surface area contributed by atoms with Gasteiger partial charge in [-0.1, -0.05) is 12.1 Å². The summed E-state index contributed by atoms with van der Waals surface area (Å²) in [4.78, 5) is 0. The quantitative estimate of drug-likeness (QED) is 0.776. The molecule has 3 nitrogen and oxygen atoms in total. The molecule has 0 radical (unpaired) electrons. The number of para-hydroxylation sites is 2. The molecule has 1 rings (SSSR count). The Morgan fingerprint density at radius 1 is 1.25 bits per heavy atom. The summed E-state index contributed by atoms with van der Waals surface area (Å²) in [6.07, 6.45) is 0. The molecular formula is C12H18N2OS. The summed E-state index contributed by atoms with van der Waals surface area (Å²) in [6.45, 7) is 6.18. The lowest BCUT2D eigenvalue weighted by atomic mass is 10.1. The van der Waals surface area contributed by atoms with E-state index in [2.05, 4.69) is 31.4 Å². The van der Waals surface area contributed by atoms with Crippen molar-refractivity contribution >= 4 is 23.0 Å². The minimum atomic E-state index is -0.0495. The third kappa shape index (κ3) is 4.06. The van der Waals surface area contributed by atoms with Crippen LogP contribution in [0.25, 0.3) is 0 Å². The van der Waals surface area contributed by atoms with Crippen LogP contribution in [0.1, 0.15) is 20.8 Å². The van der Waals surface area contributed by atoms with Crippen LogP contribution in [0.4, 0.5) is 5.69 Å². The number of thiocarbonyl (C=S) groups is 1. The summed E-state index contributed by atoms with van der Waals surface area (Å²) in [6, 6.07) is 7.67. The molecule has 0 heterocycles. The van der Waals surface area contributed by atoms with E-state index >= 15 is 0 Å². The molecule has 0 aliphatic carbocycles. The molecule has 1 aromatic carbocycles. The minimum Gasteiger partial charge on any atom is -0.495 e. The van der Waals surface area contributed by atoms with Gasteiger partial charge in [0.2, 0.25) is 0 Å². The molecule has 1 aromatic rings. The molecule has 16 heavy (non-hydrogen) atoms. The first-order valence-electron chi connectivity index (χ1n) is 5.14. The zero-order chi connectivity index (χ0) is 12.2. The van der Waals surface area contributed by atoms with Crippen molar-refractivity contribution in [3.63, 3.8) is 0 Å². The third-order valence-electron chi connectivity index (χ3n) is 1.84. The van der Waals surface area contributed by atoms with Crippen LogP contribution < -0.4 is 15.4 Å². The molecule has 0 aliphatic heterocycles. The van der Waals surface area contributed by atoms with Crippen LogP contribution >= 0.6 is 12.2 Å². The van der Waals surface area contributed by atoms with Gasteiger partial charge in [0, 0.05) is 5.54 Å². The van der Waals surface area contributed by atoms with E-state index in [0.717, 1.165) is 11.4 Å². The number of nitrogens with one attached hydrogen (secondary N) is 2. The molecule has 0 saturated heterocycles. The van der Waals surface area contributed by atoms with E-state index in [1.807, 2.05) is 24.3 Å². The summed E-state index contributed by atoms with van der Waals surface area (Å²) >= 11 is 5.21. The third-order valence-corrected chi connectivity index (χ3v) is 2.05. The lowest BCUT2D eigenvalue weighted by Gasteiger charge is -2.23. The Balaban J connectivity index is 2.70. The number of methoxy groups -OCH3 is 1. The molecule has 0 saturated carbocycles. The highest BCUT2D eigenvalue weighted by Gasteiger charge is 2.11. The van der Waals surface area contributed by atoms with Crippen LogP contribution in [0.2, 0.25) is 0 Å². The smallest absolute Gasteiger partial charge is 0.171 e. The van der Waals surface area contributed by atoms with E-state index in [4.69, 9.17) is 17.0 Å². The number of hydrogen-bond acceptors (Lipinski definition) is 2. The average Bonchev–Trinajstić information content (AvgIpc) is 2.15. The van der Waals surface area contributed by atoms with Gasteiger partial charge in [-0.15, -0.1) is 0 Å². The Kier molecular flexibility index (Phi) is 4.12. The van der Waals surface area contributed by atoms with Crippen LogP contribution in [0, 0.1) is 0 Å². The highest BCUT2D eigenvalue weighted by Crippen LogP contribution is 2.22. The largest absolute Gasteiger partial charge is 0.495 e. The van der Waals surface area contributed by atoms with Crippen molar-refractivity contribution in [1.82, 2.24) is 5.32 Å². The van der Waals surface area contributed by atoms with Crippen LogP contribution in [0.15, 0.2) is 24.3 Å². The van der Waals surface area contributed by atoms with Gasteiger partial charge < -0.3 is 15.4 Å². The van der Waals surface area contributed by atoms with Crippen molar-refractivity contribution in [2.75, 3.05) is 12.4 Å². The van der Waals surface area contributed by atoms with Gasteiger partial charge in [-0.25, -0.2) is 0 Å². The monoisotopic (exact) mass is 238 g/mol. The molecule has 0 bridgehead atoms. The van der Waals surface area contributed by atoms with Gasteiger partial charge in [0.15, 0.2) is 5.11 Å². The maximum absolute atomic E-state index is 5.23. The Bertz CT molecular complexity index is 372. The predicted octanol–water partition coefficient (Wildman–Crippen LogP) is 2.78. The predicted molar refractivity (Wildman–Crippen MR) is 72.1 cm³/mol. The molecule has 0 amide bonds. The highest BCUT2D eigenvalue weighted by atomic mass is 32.1. The number of anilines is 1. The maximum atomic E-state index is 5.23. The first kappa shape index (κ1) is 12.8. The fraction of sp³-hybridized carbons (Fsp3) is 0.417. The van der Waals surface area contributed by atoms with Gasteiger partial charge in [0.05, 0.1) is 12.8 Å². The zero-order valence-corrected chi connectivity index (χ0v) is 10.9. The highest BCUT2D eigenvalue weighted by molar-refractivity contribution is 7.80. The lowest BCUT2D eigenvalue weighted by Crippen LogP contribution is -2.42. The van der Waals surface area contributed by atoms with Crippen LogP contribution in [-0.2, 0) is 0 Å². The number of ether oxygens (including phenoxy) is 1. The van der Waals surface area contributed by atoms with Crippen molar-refractivity contribution in [3.05, 3.63) is 24.3 Å². The molecule has 0 spiro atoms. The first-order chi connectivity index (χ1) is 7.42. The van der Waals surface area contributed by atoms with Crippen LogP contribution in [0.5, 0.6) is 5.75 Å².